The molecule has 0 aliphatic heterocycles. The van der Waals surface area contributed by atoms with Crippen molar-refractivity contribution in [1.29, 1.82) is 0 Å². The fourth-order valence-corrected chi connectivity index (χ4v) is 4.06. The van der Waals surface area contributed by atoms with Gasteiger partial charge in [-0.1, -0.05) is 29.3 Å². The molecule has 0 fully saturated rings. The number of halogens is 2. The highest BCUT2D eigenvalue weighted by atomic mass is 35.5. The van der Waals surface area contributed by atoms with Gasteiger partial charge < -0.3 is 0 Å². The summed E-state index contributed by atoms with van der Waals surface area (Å²) < 4.78 is 1.55. The summed E-state index contributed by atoms with van der Waals surface area (Å²) in [6, 6.07) is 9.40. The first-order valence-corrected chi connectivity index (χ1v) is 9.84. The minimum atomic E-state index is -0.535. The second kappa shape index (κ2) is 7.43. The zero-order valence-corrected chi connectivity index (χ0v) is 17.0. The Bertz CT molecular complexity index is 1280. The lowest BCUT2D eigenvalue weighted by molar-refractivity contribution is -0.385. The Morgan fingerprint density at radius 1 is 1.28 bits per heavy atom. The second-order valence-corrected chi connectivity index (χ2v) is 7.72. The van der Waals surface area contributed by atoms with Gasteiger partial charge in [-0.15, -0.1) is 16.4 Å². The van der Waals surface area contributed by atoms with Crippen LogP contribution in [-0.4, -0.2) is 25.4 Å². The highest BCUT2D eigenvalue weighted by Crippen LogP contribution is 2.33. The van der Waals surface area contributed by atoms with Crippen molar-refractivity contribution in [2.24, 2.45) is 0 Å². The van der Waals surface area contributed by atoms with Gasteiger partial charge in [-0.2, -0.15) is 4.98 Å². The van der Waals surface area contributed by atoms with Crippen LogP contribution in [0.3, 0.4) is 0 Å². The van der Waals surface area contributed by atoms with Crippen molar-refractivity contribution < 1.29 is 9.72 Å². The lowest BCUT2D eigenvalue weighted by Crippen LogP contribution is -2.15. The SMILES string of the molecule is Cc1c(C(=O)Nc2nc3scc(-c4cc(Cl)ccc4Cl)n3n2)cccc1[N+](=O)[O-]. The monoisotopic (exact) mass is 447 g/mol. The summed E-state index contributed by atoms with van der Waals surface area (Å²) in [5, 5.41) is 20.9. The van der Waals surface area contributed by atoms with E-state index < -0.39 is 10.8 Å². The lowest BCUT2D eigenvalue weighted by atomic mass is 10.1. The number of carbonyl (C=O) groups excluding carboxylic acids is 1. The van der Waals surface area contributed by atoms with Crippen LogP contribution in [0.5, 0.6) is 0 Å². The summed E-state index contributed by atoms with van der Waals surface area (Å²) in [5.74, 6) is -0.459. The van der Waals surface area contributed by atoms with Crippen LogP contribution in [0.2, 0.25) is 10.0 Å². The third-order valence-electron chi connectivity index (χ3n) is 4.26. The molecule has 4 rings (SSSR count). The standard InChI is InChI=1S/C18H11Cl2N5O3S/c1-9-11(3-2-4-14(9)25(27)28)16(26)21-17-22-18-24(23-17)15(8-29-18)12-7-10(19)5-6-13(12)20/h2-8H,1H3,(H,21,23,26). The predicted molar refractivity (Wildman–Crippen MR) is 112 cm³/mol. The van der Waals surface area contributed by atoms with Crippen LogP contribution in [0.4, 0.5) is 11.6 Å². The van der Waals surface area contributed by atoms with Gasteiger partial charge in [0.2, 0.25) is 4.96 Å². The lowest BCUT2D eigenvalue weighted by Gasteiger charge is -2.05. The number of nitrogens with one attached hydrogen (secondary N) is 1. The normalized spacial score (nSPS) is 11.0. The van der Waals surface area contributed by atoms with Crippen LogP contribution in [0.25, 0.3) is 16.2 Å². The fourth-order valence-electron chi connectivity index (χ4n) is 2.85. The van der Waals surface area contributed by atoms with Gasteiger partial charge in [0.25, 0.3) is 17.5 Å². The number of anilines is 1. The van der Waals surface area contributed by atoms with Gasteiger partial charge in [0.15, 0.2) is 0 Å². The highest BCUT2D eigenvalue weighted by Gasteiger charge is 2.20. The Kier molecular flexibility index (Phi) is 4.95. The Morgan fingerprint density at radius 3 is 2.83 bits per heavy atom. The van der Waals surface area contributed by atoms with E-state index in [1.165, 1.54) is 36.5 Å². The minimum absolute atomic E-state index is 0.0761. The molecule has 2 heterocycles. The maximum absolute atomic E-state index is 12.6. The number of nitrogens with zero attached hydrogens (tertiary/aromatic N) is 4. The van der Waals surface area contributed by atoms with E-state index in [4.69, 9.17) is 23.2 Å². The molecule has 8 nitrogen and oxygen atoms in total. The van der Waals surface area contributed by atoms with Crippen molar-refractivity contribution in [2.75, 3.05) is 5.32 Å². The number of nitro groups is 1. The first-order valence-electron chi connectivity index (χ1n) is 8.20. The van der Waals surface area contributed by atoms with E-state index >= 15 is 0 Å². The number of hydrogen-bond donors (Lipinski definition) is 1. The molecule has 1 amide bonds. The van der Waals surface area contributed by atoms with Gasteiger partial charge in [-0.3, -0.25) is 20.2 Å². The summed E-state index contributed by atoms with van der Waals surface area (Å²) >= 11 is 13.7. The third-order valence-corrected chi connectivity index (χ3v) is 5.64. The van der Waals surface area contributed by atoms with Gasteiger partial charge in [-0.05, 0) is 31.2 Å². The van der Waals surface area contributed by atoms with Crippen LogP contribution in [0.15, 0.2) is 41.8 Å². The van der Waals surface area contributed by atoms with Crippen molar-refractivity contribution in [1.82, 2.24) is 14.6 Å². The van der Waals surface area contributed by atoms with Gasteiger partial charge in [-0.25, -0.2) is 4.52 Å². The fraction of sp³-hybridized carbons (Fsp3) is 0.0556. The molecule has 0 spiro atoms. The largest absolute Gasteiger partial charge is 0.289 e. The summed E-state index contributed by atoms with van der Waals surface area (Å²) in [6.07, 6.45) is 0. The molecule has 0 atom stereocenters. The maximum Gasteiger partial charge on any atom is 0.273 e. The van der Waals surface area contributed by atoms with E-state index in [1.54, 1.807) is 22.7 Å². The summed E-state index contributed by atoms with van der Waals surface area (Å²) in [5.41, 5.74) is 1.67. The molecule has 2 aromatic carbocycles. The number of amides is 1. The second-order valence-electron chi connectivity index (χ2n) is 6.04. The number of thiazole rings is 1. The molecular formula is C18H11Cl2N5O3S. The van der Waals surface area contributed by atoms with Crippen molar-refractivity contribution in [3.63, 3.8) is 0 Å². The van der Waals surface area contributed by atoms with Crippen LogP contribution in [-0.2, 0) is 0 Å². The zero-order chi connectivity index (χ0) is 20.7. The van der Waals surface area contributed by atoms with E-state index in [1.807, 2.05) is 5.38 Å². The molecular weight excluding hydrogens is 437 g/mol. The quantitative estimate of drug-likeness (QED) is 0.340. The molecule has 0 unspecified atom stereocenters. The summed E-state index contributed by atoms with van der Waals surface area (Å²) in [4.78, 5) is 28.0. The Morgan fingerprint density at radius 2 is 2.07 bits per heavy atom. The topological polar surface area (TPSA) is 102 Å². The minimum Gasteiger partial charge on any atom is -0.289 e. The molecule has 1 N–H and O–H groups in total. The van der Waals surface area contributed by atoms with E-state index in [9.17, 15) is 14.9 Å². The highest BCUT2D eigenvalue weighted by molar-refractivity contribution is 7.15. The number of aromatic nitrogens is 3. The van der Waals surface area contributed by atoms with Crippen molar-refractivity contribution in [2.45, 2.75) is 6.92 Å². The number of fused-ring (bicyclic) bond motifs is 1. The molecule has 0 saturated heterocycles. The molecule has 146 valence electrons. The number of rotatable bonds is 4. The molecule has 0 radical (unpaired) electrons. The van der Waals surface area contributed by atoms with Gasteiger partial charge in [0.1, 0.15) is 0 Å². The van der Waals surface area contributed by atoms with E-state index in [-0.39, 0.29) is 22.8 Å². The Balaban J connectivity index is 1.68. The van der Waals surface area contributed by atoms with Crippen LogP contribution in [0, 0.1) is 17.0 Å². The average Bonchev–Trinajstić information content (AvgIpc) is 3.23. The summed E-state index contributed by atoms with van der Waals surface area (Å²) in [6.45, 7) is 1.52. The third kappa shape index (κ3) is 3.55. The number of carbonyl (C=O) groups is 1. The van der Waals surface area contributed by atoms with Crippen LogP contribution >= 0.6 is 34.5 Å². The molecule has 0 aliphatic rings. The van der Waals surface area contributed by atoms with E-state index in [0.29, 0.717) is 26.3 Å². The predicted octanol–water partition coefficient (Wildman–Crippen LogP) is 5.23. The number of hydrogen-bond acceptors (Lipinski definition) is 6. The molecule has 11 heteroatoms. The molecule has 29 heavy (non-hydrogen) atoms. The Hall–Kier alpha value is -3.01. The first-order chi connectivity index (χ1) is 13.8. The molecule has 2 aromatic heterocycles. The van der Waals surface area contributed by atoms with Crippen LogP contribution < -0.4 is 5.32 Å². The van der Waals surface area contributed by atoms with Gasteiger partial charge >= 0.3 is 0 Å². The van der Waals surface area contributed by atoms with E-state index in [2.05, 4.69) is 15.4 Å². The van der Waals surface area contributed by atoms with Crippen molar-refractivity contribution >= 4 is 57.0 Å². The smallest absolute Gasteiger partial charge is 0.273 e. The average molecular weight is 448 g/mol. The van der Waals surface area contributed by atoms with E-state index in [0.717, 1.165) is 0 Å². The number of benzene rings is 2. The number of nitro benzene ring substituents is 1. The van der Waals surface area contributed by atoms with Crippen LogP contribution in [0.1, 0.15) is 15.9 Å². The van der Waals surface area contributed by atoms with Gasteiger partial charge in [0, 0.05) is 33.2 Å². The Labute approximate surface area is 177 Å². The molecule has 0 aliphatic carbocycles. The summed E-state index contributed by atoms with van der Waals surface area (Å²) in [7, 11) is 0. The van der Waals surface area contributed by atoms with Gasteiger partial charge in [0.05, 0.1) is 15.6 Å². The first kappa shape index (κ1) is 19.3. The van der Waals surface area contributed by atoms with Crippen molar-refractivity contribution in [3.05, 3.63) is 73.1 Å². The zero-order valence-electron chi connectivity index (χ0n) is 14.7. The van der Waals surface area contributed by atoms with Crippen molar-refractivity contribution in [3.8, 4) is 11.3 Å². The maximum atomic E-state index is 12.6. The molecule has 0 bridgehead atoms. The molecule has 4 aromatic rings. The molecule has 0 saturated carbocycles.